The van der Waals surface area contributed by atoms with Crippen LogP contribution < -0.4 is 0 Å². The quantitative estimate of drug-likeness (QED) is 0.298. The molecule has 0 saturated carbocycles. The number of hydrogen-bond donors (Lipinski definition) is 1. The molecule has 3 unspecified atom stereocenters. The van der Waals surface area contributed by atoms with Crippen LogP contribution in [-0.4, -0.2) is 63.0 Å². The number of nitriles is 1. The molecule has 0 saturated heterocycles. The van der Waals surface area contributed by atoms with Gasteiger partial charge in [0, 0.05) is 44.1 Å². The Labute approximate surface area is 225 Å². The second kappa shape index (κ2) is 10.9. The number of aliphatic hydroxyl groups excluding tert-OH is 1. The van der Waals surface area contributed by atoms with Gasteiger partial charge in [-0.25, -0.2) is 0 Å². The van der Waals surface area contributed by atoms with Gasteiger partial charge in [-0.1, -0.05) is 24.3 Å². The van der Waals surface area contributed by atoms with E-state index >= 15 is 0 Å². The molecular formula is C23H19AcN3O6. The van der Waals surface area contributed by atoms with E-state index in [2.05, 4.69) is 0 Å². The normalized spacial score (nSPS) is 16.5. The number of benzene rings is 2. The van der Waals surface area contributed by atoms with Gasteiger partial charge in [0.1, 0.15) is 6.29 Å². The van der Waals surface area contributed by atoms with Crippen molar-refractivity contribution in [3.8, 4) is 6.07 Å². The molecule has 0 spiro atoms. The van der Waals surface area contributed by atoms with Crippen LogP contribution in [0.4, 0.5) is 0 Å². The Hall–Kier alpha value is -2.72. The molecule has 2 heterocycles. The van der Waals surface area contributed by atoms with Gasteiger partial charge in [-0.15, -0.1) is 0 Å². The van der Waals surface area contributed by atoms with Crippen LogP contribution in [0.15, 0.2) is 48.5 Å². The molecule has 9 nitrogen and oxygen atoms in total. The third-order valence-electron chi connectivity index (χ3n) is 5.25. The van der Waals surface area contributed by atoms with E-state index in [1.165, 1.54) is 13.8 Å². The molecule has 4 rings (SSSR count). The predicted octanol–water partition coefficient (Wildman–Crippen LogP) is 1.43. The monoisotopic (exact) mass is 660 g/mol. The minimum absolute atomic E-state index is 0. The van der Waals surface area contributed by atoms with Crippen molar-refractivity contribution in [3.05, 3.63) is 70.8 Å². The standard InChI is InChI=1S/C12H10N2O3.C11H9NO3.Ac/c1-7(10(15)6-13)14-11(16)8-4-2-3-5-9(8)12(14)17;1-7(6-13)12-10(14)8-4-2-3-5-9(8)11(12)15;/h2-5,7,10,15H,1H3;2-7H,1H3;. The number of fused-ring (bicyclic) bond motifs is 2. The number of imide groups is 2. The zero-order chi connectivity index (χ0) is 23.6. The van der Waals surface area contributed by atoms with Crippen LogP contribution >= 0.6 is 0 Å². The number of nitrogens with zero attached hydrogens (tertiary/aromatic N) is 3. The Morgan fingerprint density at radius 3 is 1.42 bits per heavy atom. The molecule has 2 aromatic carbocycles. The summed E-state index contributed by atoms with van der Waals surface area (Å²) >= 11 is 0. The van der Waals surface area contributed by atoms with E-state index in [0.717, 1.165) is 9.80 Å². The van der Waals surface area contributed by atoms with Gasteiger partial charge in [-0.05, 0) is 38.1 Å². The van der Waals surface area contributed by atoms with Crippen LogP contribution in [0.5, 0.6) is 0 Å². The molecule has 10 heteroatoms. The molecule has 4 amide bonds. The largest absolute Gasteiger partial charge is 0.376 e. The van der Waals surface area contributed by atoms with Crippen LogP contribution in [0, 0.1) is 55.4 Å². The molecular weight excluding hydrogens is 641 g/mol. The Kier molecular flexibility index (Phi) is 8.79. The second-order valence-corrected chi connectivity index (χ2v) is 7.24. The number of carbonyl (C=O) groups excluding carboxylic acids is 5. The van der Waals surface area contributed by atoms with Gasteiger partial charge in [0.25, 0.3) is 23.6 Å². The van der Waals surface area contributed by atoms with Crippen LogP contribution in [0.2, 0.25) is 0 Å². The van der Waals surface area contributed by atoms with Crippen molar-refractivity contribution in [2.75, 3.05) is 0 Å². The molecule has 0 fully saturated rings. The zero-order valence-electron chi connectivity index (χ0n) is 17.8. The second-order valence-electron chi connectivity index (χ2n) is 7.24. The van der Waals surface area contributed by atoms with Crippen molar-refractivity contribution in [2.24, 2.45) is 0 Å². The molecule has 1 N–H and O–H groups in total. The molecule has 0 bridgehead atoms. The van der Waals surface area contributed by atoms with E-state index in [4.69, 9.17) is 5.26 Å². The fourth-order valence-electron chi connectivity index (χ4n) is 3.47. The molecule has 0 aromatic heterocycles. The maximum absolute atomic E-state index is 12.0. The maximum Gasteiger partial charge on any atom is 0.262 e. The number of hydrogen-bond acceptors (Lipinski definition) is 7. The molecule has 1 radical (unpaired) electrons. The molecule has 2 aromatic rings. The van der Waals surface area contributed by atoms with Crippen molar-refractivity contribution in [1.82, 2.24) is 9.80 Å². The third kappa shape index (κ3) is 4.81. The summed E-state index contributed by atoms with van der Waals surface area (Å²) < 4.78 is 0. The first-order valence-electron chi connectivity index (χ1n) is 9.71. The Morgan fingerprint density at radius 1 is 0.788 bits per heavy atom. The number of carbonyl (C=O) groups is 5. The zero-order valence-corrected chi connectivity index (χ0v) is 22.6. The summed E-state index contributed by atoms with van der Waals surface area (Å²) in [4.78, 5) is 59.9. The Balaban J connectivity index is 0.000000228. The number of aldehydes is 1. The summed E-state index contributed by atoms with van der Waals surface area (Å²) in [5.41, 5.74) is 1.37. The Bertz CT molecular complexity index is 1100. The van der Waals surface area contributed by atoms with Gasteiger partial charge in [0.2, 0.25) is 0 Å². The summed E-state index contributed by atoms with van der Waals surface area (Å²) in [5, 5.41) is 18.0. The van der Waals surface area contributed by atoms with Gasteiger partial charge in [-0.3, -0.25) is 29.0 Å². The fraction of sp³-hybridized carbons (Fsp3) is 0.217. The first kappa shape index (κ1) is 26.5. The first-order chi connectivity index (χ1) is 15.2. The minimum Gasteiger partial charge on any atom is -0.376 e. The number of aliphatic hydroxyl groups is 1. The van der Waals surface area contributed by atoms with E-state index < -0.39 is 41.8 Å². The summed E-state index contributed by atoms with van der Waals surface area (Å²) in [6.07, 6.45) is -0.793. The minimum atomic E-state index is -1.38. The van der Waals surface area contributed by atoms with E-state index in [1.807, 2.05) is 0 Å². The van der Waals surface area contributed by atoms with Gasteiger partial charge >= 0.3 is 0 Å². The van der Waals surface area contributed by atoms with Crippen molar-refractivity contribution >= 4 is 29.9 Å². The summed E-state index contributed by atoms with van der Waals surface area (Å²) in [5.74, 6) is -1.72. The summed E-state index contributed by atoms with van der Waals surface area (Å²) in [6, 6.07) is 13.1. The van der Waals surface area contributed by atoms with Gasteiger partial charge in [0.15, 0.2) is 6.10 Å². The molecule has 2 aliphatic rings. The molecule has 165 valence electrons. The van der Waals surface area contributed by atoms with E-state index in [9.17, 15) is 29.1 Å². The Morgan fingerprint density at radius 2 is 1.12 bits per heavy atom. The third-order valence-corrected chi connectivity index (χ3v) is 5.25. The molecule has 3 atom stereocenters. The van der Waals surface area contributed by atoms with E-state index in [-0.39, 0.29) is 44.1 Å². The average molecular weight is 660 g/mol. The maximum atomic E-state index is 12.0. The summed E-state index contributed by atoms with van der Waals surface area (Å²) in [6.45, 7) is 2.99. The van der Waals surface area contributed by atoms with Gasteiger partial charge in [-0.2, -0.15) is 5.26 Å². The molecule has 2 aliphatic heterocycles. The van der Waals surface area contributed by atoms with E-state index in [0.29, 0.717) is 28.5 Å². The van der Waals surface area contributed by atoms with Crippen LogP contribution in [0.3, 0.4) is 0 Å². The van der Waals surface area contributed by atoms with Crippen molar-refractivity contribution in [3.63, 3.8) is 0 Å². The fourth-order valence-corrected chi connectivity index (χ4v) is 3.47. The molecule has 0 aliphatic carbocycles. The van der Waals surface area contributed by atoms with E-state index in [1.54, 1.807) is 54.6 Å². The topological polar surface area (TPSA) is 136 Å². The number of rotatable bonds is 4. The SMILES string of the molecule is CC(C(O)C#N)N1C(=O)c2ccccc2C1=O.CC(C=O)N1C(=O)c2ccccc2C1=O.[Ac]. The van der Waals surface area contributed by atoms with Crippen LogP contribution in [-0.2, 0) is 4.79 Å². The van der Waals surface area contributed by atoms with Crippen molar-refractivity contribution < 1.29 is 73.1 Å². The van der Waals surface area contributed by atoms with Crippen molar-refractivity contribution in [1.29, 1.82) is 5.26 Å². The van der Waals surface area contributed by atoms with Crippen LogP contribution in [0.1, 0.15) is 55.3 Å². The van der Waals surface area contributed by atoms with Gasteiger partial charge in [0.05, 0.1) is 40.4 Å². The van der Waals surface area contributed by atoms with Crippen LogP contribution in [0.25, 0.3) is 0 Å². The molecule has 33 heavy (non-hydrogen) atoms. The first-order valence-corrected chi connectivity index (χ1v) is 9.71. The van der Waals surface area contributed by atoms with Crippen molar-refractivity contribution in [2.45, 2.75) is 32.0 Å². The summed E-state index contributed by atoms with van der Waals surface area (Å²) in [7, 11) is 0. The number of amides is 4. The predicted molar refractivity (Wildman–Crippen MR) is 110 cm³/mol. The van der Waals surface area contributed by atoms with Gasteiger partial charge < -0.3 is 9.90 Å². The smallest absolute Gasteiger partial charge is 0.262 e. The average Bonchev–Trinajstić information content (AvgIpc) is 3.23.